The minimum Gasteiger partial charge on any atom is -0.508 e. The summed E-state index contributed by atoms with van der Waals surface area (Å²) >= 11 is 5.92. The van der Waals surface area contributed by atoms with Crippen LogP contribution in [0.2, 0.25) is 5.02 Å². The van der Waals surface area contributed by atoms with E-state index in [-0.39, 0.29) is 11.7 Å². The minimum atomic E-state index is -0.248. The van der Waals surface area contributed by atoms with Gasteiger partial charge in [0, 0.05) is 19.8 Å². The second kappa shape index (κ2) is 6.07. The van der Waals surface area contributed by atoms with E-state index in [9.17, 15) is 9.90 Å². The fourth-order valence-corrected chi connectivity index (χ4v) is 2.17. The highest BCUT2D eigenvalue weighted by Gasteiger charge is 2.16. The first-order chi connectivity index (χ1) is 8.66. The molecule has 0 atom stereocenters. The van der Waals surface area contributed by atoms with Crippen LogP contribution < -0.4 is 5.32 Å². The molecule has 1 aromatic carbocycles. The molecule has 1 aliphatic heterocycles. The highest BCUT2D eigenvalue weighted by Crippen LogP contribution is 2.21. The van der Waals surface area contributed by atoms with Crippen LogP contribution in [0.25, 0.3) is 0 Å². The highest BCUT2D eigenvalue weighted by atomic mass is 35.5. The zero-order valence-corrected chi connectivity index (χ0v) is 10.7. The van der Waals surface area contributed by atoms with Crippen molar-refractivity contribution in [2.75, 3.05) is 19.8 Å². The van der Waals surface area contributed by atoms with Crippen molar-refractivity contribution in [1.29, 1.82) is 0 Å². The Labute approximate surface area is 111 Å². The van der Waals surface area contributed by atoms with Gasteiger partial charge in [0.15, 0.2) is 0 Å². The number of ether oxygens (including phenoxy) is 1. The standard InChI is InChI=1S/C13H16ClNO3/c14-12-2-1-10(16)7-11(12)13(17)15-8-9-3-5-18-6-4-9/h1-2,7,9,16H,3-6,8H2,(H,15,17). The van der Waals surface area contributed by atoms with Crippen molar-refractivity contribution in [3.05, 3.63) is 28.8 Å². The number of nitrogens with one attached hydrogen (secondary N) is 1. The molecule has 1 heterocycles. The number of amides is 1. The van der Waals surface area contributed by atoms with E-state index < -0.39 is 0 Å². The van der Waals surface area contributed by atoms with Crippen molar-refractivity contribution in [2.45, 2.75) is 12.8 Å². The molecule has 0 saturated carbocycles. The largest absolute Gasteiger partial charge is 0.508 e. The van der Waals surface area contributed by atoms with Gasteiger partial charge in [0.05, 0.1) is 10.6 Å². The van der Waals surface area contributed by atoms with Gasteiger partial charge in [-0.25, -0.2) is 0 Å². The van der Waals surface area contributed by atoms with Crippen molar-refractivity contribution in [3.8, 4) is 5.75 Å². The minimum absolute atomic E-state index is 0.0376. The van der Waals surface area contributed by atoms with Crippen LogP contribution in [-0.2, 0) is 4.74 Å². The lowest BCUT2D eigenvalue weighted by Crippen LogP contribution is -2.32. The predicted octanol–water partition coefficient (Wildman–Crippen LogP) is 2.20. The Hall–Kier alpha value is -1.26. The number of rotatable bonds is 3. The third kappa shape index (κ3) is 3.37. The summed E-state index contributed by atoms with van der Waals surface area (Å²) in [7, 11) is 0. The van der Waals surface area contributed by atoms with Gasteiger partial charge in [-0.2, -0.15) is 0 Å². The molecular weight excluding hydrogens is 254 g/mol. The fraction of sp³-hybridized carbons (Fsp3) is 0.462. The average molecular weight is 270 g/mol. The van der Waals surface area contributed by atoms with Gasteiger partial charge >= 0.3 is 0 Å². The molecule has 2 rings (SSSR count). The lowest BCUT2D eigenvalue weighted by atomic mass is 10.0. The van der Waals surface area contributed by atoms with Gasteiger partial charge in [-0.3, -0.25) is 4.79 Å². The van der Waals surface area contributed by atoms with Gasteiger partial charge < -0.3 is 15.2 Å². The molecule has 0 spiro atoms. The maximum Gasteiger partial charge on any atom is 0.252 e. The van der Waals surface area contributed by atoms with Crippen LogP contribution in [0.4, 0.5) is 0 Å². The van der Waals surface area contributed by atoms with Crippen LogP contribution in [-0.4, -0.2) is 30.8 Å². The lowest BCUT2D eigenvalue weighted by molar-refractivity contribution is 0.0642. The molecule has 0 unspecified atom stereocenters. The topological polar surface area (TPSA) is 58.6 Å². The summed E-state index contributed by atoms with van der Waals surface area (Å²) in [4.78, 5) is 11.9. The molecule has 4 nitrogen and oxygen atoms in total. The van der Waals surface area contributed by atoms with E-state index in [1.54, 1.807) is 0 Å². The normalized spacial score (nSPS) is 16.5. The maximum absolute atomic E-state index is 11.9. The zero-order valence-electron chi connectivity index (χ0n) is 9.99. The van der Waals surface area contributed by atoms with E-state index in [4.69, 9.17) is 16.3 Å². The molecule has 0 aliphatic carbocycles. The molecule has 1 saturated heterocycles. The van der Waals surface area contributed by atoms with Crippen molar-refractivity contribution < 1.29 is 14.6 Å². The Morgan fingerprint density at radius 2 is 2.17 bits per heavy atom. The second-order valence-electron chi connectivity index (χ2n) is 4.43. The van der Waals surface area contributed by atoms with Crippen molar-refractivity contribution in [2.24, 2.45) is 5.92 Å². The van der Waals surface area contributed by atoms with Gasteiger partial charge in [-0.1, -0.05) is 11.6 Å². The van der Waals surface area contributed by atoms with E-state index in [0.717, 1.165) is 26.1 Å². The average Bonchev–Trinajstić information content (AvgIpc) is 2.40. The molecule has 2 N–H and O–H groups in total. The Bertz CT molecular complexity index is 430. The SMILES string of the molecule is O=C(NCC1CCOCC1)c1cc(O)ccc1Cl. The maximum atomic E-state index is 11.9. The predicted molar refractivity (Wildman–Crippen MR) is 69.0 cm³/mol. The number of phenolic OH excluding ortho intramolecular Hbond substituents is 1. The number of halogens is 1. The molecule has 18 heavy (non-hydrogen) atoms. The molecular formula is C13H16ClNO3. The molecule has 0 bridgehead atoms. The fourth-order valence-electron chi connectivity index (χ4n) is 1.97. The number of carbonyl (C=O) groups excluding carboxylic acids is 1. The Kier molecular flexibility index (Phi) is 4.44. The zero-order chi connectivity index (χ0) is 13.0. The quantitative estimate of drug-likeness (QED) is 0.884. The van der Waals surface area contributed by atoms with Gasteiger partial charge in [-0.15, -0.1) is 0 Å². The van der Waals surface area contributed by atoms with Crippen LogP contribution in [0.5, 0.6) is 5.75 Å². The number of hydrogen-bond donors (Lipinski definition) is 2. The Morgan fingerprint density at radius 3 is 2.89 bits per heavy atom. The molecule has 0 aromatic heterocycles. The Balaban J connectivity index is 1.92. The highest BCUT2D eigenvalue weighted by molar-refractivity contribution is 6.33. The molecule has 98 valence electrons. The van der Waals surface area contributed by atoms with Gasteiger partial charge in [0.1, 0.15) is 5.75 Å². The van der Waals surface area contributed by atoms with Crippen LogP contribution in [0, 0.1) is 5.92 Å². The van der Waals surface area contributed by atoms with Crippen molar-refractivity contribution in [3.63, 3.8) is 0 Å². The van der Waals surface area contributed by atoms with Crippen LogP contribution in [0.3, 0.4) is 0 Å². The number of benzene rings is 1. The first kappa shape index (κ1) is 13.2. The van der Waals surface area contributed by atoms with Gasteiger partial charge in [0.25, 0.3) is 5.91 Å². The van der Waals surface area contributed by atoms with Crippen LogP contribution >= 0.6 is 11.6 Å². The first-order valence-corrected chi connectivity index (χ1v) is 6.39. The number of aromatic hydroxyl groups is 1. The van der Waals surface area contributed by atoms with Crippen molar-refractivity contribution in [1.82, 2.24) is 5.32 Å². The van der Waals surface area contributed by atoms with Crippen LogP contribution in [0.15, 0.2) is 18.2 Å². The molecule has 0 radical (unpaired) electrons. The van der Waals surface area contributed by atoms with E-state index in [2.05, 4.69) is 5.32 Å². The Morgan fingerprint density at radius 1 is 1.44 bits per heavy atom. The molecule has 1 fully saturated rings. The third-order valence-corrected chi connectivity index (χ3v) is 3.42. The summed E-state index contributed by atoms with van der Waals surface area (Å²) in [5.74, 6) is 0.247. The number of carbonyl (C=O) groups is 1. The third-order valence-electron chi connectivity index (χ3n) is 3.09. The van der Waals surface area contributed by atoms with Crippen molar-refractivity contribution >= 4 is 17.5 Å². The van der Waals surface area contributed by atoms with E-state index >= 15 is 0 Å². The monoisotopic (exact) mass is 269 g/mol. The van der Waals surface area contributed by atoms with E-state index in [1.807, 2.05) is 0 Å². The second-order valence-corrected chi connectivity index (χ2v) is 4.84. The molecule has 5 heteroatoms. The summed E-state index contributed by atoms with van der Waals surface area (Å²) in [6.07, 6.45) is 1.93. The lowest BCUT2D eigenvalue weighted by Gasteiger charge is -2.22. The number of phenols is 1. The van der Waals surface area contributed by atoms with Gasteiger partial charge in [0.2, 0.25) is 0 Å². The summed E-state index contributed by atoms with van der Waals surface area (Å²) in [5, 5.41) is 12.5. The number of hydrogen-bond acceptors (Lipinski definition) is 3. The molecule has 1 amide bonds. The van der Waals surface area contributed by atoms with Gasteiger partial charge in [-0.05, 0) is 37.0 Å². The summed E-state index contributed by atoms with van der Waals surface area (Å²) in [6.45, 7) is 2.13. The smallest absolute Gasteiger partial charge is 0.252 e. The van der Waals surface area contributed by atoms with E-state index in [0.29, 0.717) is 23.0 Å². The van der Waals surface area contributed by atoms with E-state index in [1.165, 1.54) is 18.2 Å². The molecule has 1 aliphatic rings. The first-order valence-electron chi connectivity index (χ1n) is 6.01. The summed E-state index contributed by atoms with van der Waals surface area (Å²) in [5.41, 5.74) is 0.309. The summed E-state index contributed by atoms with van der Waals surface area (Å²) < 4.78 is 5.26. The van der Waals surface area contributed by atoms with Crippen LogP contribution in [0.1, 0.15) is 23.2 Å². The molecule has 1 aromatic rings. The summed E-state index contributed by atoms with van der Waals surface area (Å²) in [6, 6.07) is 4.35.